The van der Waals surface area contributed by atoms with Crippen LogP contribution in [0.3, 0.4) is 0 Å². The summed E-state index contributed by atoms with van der Waals surface area (Å²) >= 11 is 0. The highest BCUT2D eigenvalue weighted by atomic mass is 32.2. The molecular formula is C19H23FN4OS. The zero-order valence-electron chi connectivity index (χ0n) is 14.8. The largest absolute Gasteiger partial charge is 0.370 e. The van der Waals surface area contributed by atoms with Gasteiger partial charge in [-0.25, -0.2) is 9.38 Å². The van der Waals surface area contributed by atoms with Crippen molar-refractivity contribution in [3.63, 3.8) is 0 Å². The Hall–Kier alpha value is -2.41. The molecule has 0 spiro atoms. The van der Waals surface area contributed by atoms with Crippen molar-refractivity contribution in [3.8, 4) is 0 Å². The molecule has 1 unspecified atom stereocenters. The average Bonchev–Trinajstić information content (AvgIpc) is 2.67. The Balaban J connectivity index is 1.54. The van der Waals surface area contributed by atoms with E-state index in [-0.39, 0.29) is 5.82 Å². The van der Waals surface area contributed by atoms with Gasteiger partial charge in [-0.2, -0.15) is 0 Å². The lowest BCUT2D eigenvalue weighted by atomic mass is 10.2. The van der Waals surface area contributed by atoms with Gasteiger partial charge in [-0.3, -0.25) is 4.21 Å². The van der Waals surface area contributed by atoms with E-state index in [2.05, 4.69) is 14.8 Å². The third-order valence-corrected chi connectivity index (χ3v) is 5.41. The first-order valence-electron chi connectivity index (χ1n) is 8.50. The zero-order valence-corrected chi connectivity index (χ0v) is 15.6. The highest BCUT2D eigenvalue weighted by Crippen LogP contribution is 2.17. The summed E-state index contributed by atoms with van der Waals surface area (Å²) in [5.74, 6) is 0.314. The molecule has 2 N–H and O–H groups in total. The fourth-order valence-corrected chi connectivity index (χ4v) is 3.42. The number of guanidine groups is 1. The van der Waals surface area contributed by atoms with Crippen molar-refractivity contribution >= 4 is 22.4 Å². The van der Waals surface area contributed by atoms with Crippen LogP contribution in [0.2, 0.25) is 0 Å². The van der Waals surface area contributed by atoms with Crippen LogP contribution in [0, 0.1) is 5.82 Å². The van der Waals surface area contributed by atoms with Gasteiger partial charge >= 0.3 is 0 Å². The summed E-state index contributed by atoms with van der Waals surface area (Å²) in [6.45, 7) is 3.69. The van der Waals surface area contributed by atoms with Crippen molar-refractivity contribution in [2.24, 2.45) is 10.7 Å². The standard InChI is InChI=1S/C19H23FN4OS/c1-26(25)18-8-2-15(3-9-18)14-22-19(21)24-12-10-23(11-13-24)17-6-4-16(20)5-7-17/h2-9H,10-14H2,1H3,(H2,21,22). The Morgan fingerprint density at radius 1 is 1.08 bits per heavy atom. The van der Waals surface area contributed by atoms with Crippen LogP contribution in [-0.2, 0) is 17.3 Å². The van der Waals surface area contributed by atoms with Gasteiger partial charge in [0.25, 0.3) is 0 Å². The first kappa shape index (κ1) is 18.4. The van der Waals surface area contributed by atoms with E-state index in [0.29, 0.717) is 12.5 Å². The second kappa shape index (κ2) is 8.31. The summed E-state index contributed by atoms with van der Waals surface area (Å²) in [4.78, 5) is 9.57. The summed E-state index contributed by atoms with van der Waals surface area (Å²) in [7, 11) is -0.969. The van der Waals surface area contributed by atoms with E-state index < -0.39 is 10.8 Å². The van der Waals surface area contributed by atoms with E-state index >= 15 is 0 Å². The molecule has 2 aromatic carbocycles. The molecule has 0 aliphatic carbocycles. The van der Waals surface area contributed by atoms with Gasteiger partial charge in [-0.1, -0.05) is 12.1 Å². The number of aliphatic imine (C=N–C) groups is 1. The molecule has 1 fully saturated rings. The number of rotatable bonds is 4. The number of piperazine rings is 1. The number of halogens is 1. The lowest BCUT2D eigenvalue weighted by Crippen LogP contribution is -2.51. The fraction of sp³-hybridized carbons (Fsp3) is 0.316. The molecule has 1 aliphatic heterocycles. The van der Waals surface area contributed by atoms with Crippen LogP contribution in [0.4, 0.5) is 10.1 Å². The van der Waals surface area contributed by atoms with Gasteiger partial charge in [0.2, 0.25) is 0 Å². The molecule has 3 rings (SSSR count). The van der Waals surface area contributed by atoms with Crippen LogP contribution < -0.4 is 10.6 Å². The third-order valence-electron chi connectivity index (χ3n) is 4.47. The van der Waals surface area contributed by atoms with E-state index in [1.807, 2.05) is 24.3 Å². The molecule has 5 nitrogen and oxygen atoms in total. The van der Waals surface area contributed by atoms with Crippen LogP contribution in [0.15, 0.2) is 58.4 Å². The minimum Gasteiger partial charge on any atom is -0.370 e. The van der Waals surface area contributed by atoms with Crippen LogP contribution in [-0.4, -0.2) is 47.5 Å². The van der Waals surface area contributed by atoms with Gasteiger partial charge in [0.15, 0.2) is 5.96 Å². The Bertz CT molecular complexity index is 784. The monoisotopic (exact) mass is 374 g/mol. The first-order valence-corrected chi connectivity index (χ1v) is 10.1. The van der Waals surface area contributed by atoms with Gasteiger partial charge < -0.3 is 15.5 Å². The summed E-state index contributed by atoms with van der Waals surface area (Å²) in [6, 6.07) is 14.1. The summed E-state index contributed by atoms with van der Waals surface area (Å²) in [5, 5.41) is 0. The molecule has 1 aliphatic rings. The Morgan fingerprint density at radius 2 is 1.69 bits per heavy atom. The molecule has 0 radical (unpaired) electrons. The molecule has 0 aromatic heterocycles. The number of nitrogens with two attached hydrogens (primary N) is 1. The van der Waals surface area contributed by atoms with Crippen molar-refractivity contribution < 1.29 is 8.60 Å². The highest BCUT2D eigenvalue weighted by molar-refractivity contribution is 7.84. The molecule has 0 bridgehead atoms. The van der Waals surface area contributed by atoms with Crippen molar-refractivity contribution in [3.05, 3.63) is 59.9 Å². The Kier molecular flexibility index (Phi) is 5.88. The van der Waals surface area contributed by atoms with Gasteiger partial charge in [-0.15, -0.1) is 0 Å². The number of anilines is 1. The van der Waals surface area contributed by atoms with Crippen LogP contribution >= 0.6 is 0 Å². The molecule has 1 atom stereocenters. The second-order valence-corrected chi connectivity index (χ2v) is 7.60. The van der Waals surface area contributed by atoms with Crippen LogP contribution in [0.1, 0.15) is 5.56 Å². The average molecular weight is 374 g/mol. The predicted octanol–water partition coefficient (Wildman–Crippen LogP) is 2.20. The van der Waals surface area contributed by atoms with Crippen molar-refractivity contribution in [1.82, 2.24) is 4.90 Å². The molecule has 1 heterocycles. The summed E-state index contributed by atoms with van der Waals surface area (Å²) in [5.41, 5.74) is 8.20. The van der Waals surface area contributed by atoms with Crippen LogP contribution in [0.25, 0.3) is 0 Å². The Labute approximate surface area is 155 Å². The van der Waals surface area contributed by atoms with E-state index in [1.54, 1.807) is 18.4 Å². The number of hydrogen-bond donors (Lipinski definition) is 1. The van der Waals surface area contributed by atoms with Gasteiger partial charge in [-0.05, 0) is 42.0 Å². The van der Waals surface area contributed by atoms with Gasteiger partial charge in [0, 0.05) is 53.8 Å². The molecule has 1 saturated heterocycles. The van der Waals surface area contributed by atoms with Gasteiger partial charge in [0.05, 0.1) is 6.54 Å². The third kappa shape index (κ3) is 4.60. The maximum Gasteiger partial charge on any atom is 0.191 e. The van der Waals surface area contributed by atoms with E-state index in [1.165, 1.54) is 12.1 Å². The minimum absolute atomic E-state index is 0.220. The molecule has 2 aromatic rings. The summed E-state index contributed by atoms with van der Waals surface area (Å²) in [6.07, 6.45) is 1.66. The van der Waals surface area contributed by atoms with E-state index in [9.17, 15) is 8.60 Å². The molecular weight excluding hydrogens is 351 g/mol. The zero-order chi connectivity index (χ0) is 18.5. The van der Waals surface area contributed by atoms with Crippen molar-refractivity contribution in [1.29, 1.82) is 0 Å². The maximum atomic E-state index is 13.0. The number of hydrogen-bond acceptors (Lipinski definition) is 3. The van der Waals surface area contributed by atoms with E-state index in [0.717, 1.165) is 42.3 Å². The molecule has 0 saturated carbocycles. The van der Waals surface area contributed by atoms with Gasteiger partial charge in [0.1, 0.15) is 5.82 Å². The first-order chi connectivity index (χ1) is 12.5. The fourth-order valence-electron chi connectivity index (χ4n) is 2.90. The van der Waals surface area contributed by atoms with Crippen molar-refractivity contribution in [2.45, 2.75) is 11.4 Å². The molecule has 26 heavy (non-hydrogen) atoms. The summed E-state index contributed by atoms with van der Waals surface area (Å²) < 4.78 is 24.4. The van der Waals surface area contributed by atoms with Crippen LogP contribution in [0.5, 0.6) is 0 Å². The normalized spacial score (nSPS) is 16.6. The lowest BCUT2D eigenvalue weighted by molar-refractivity contribution is 0.380. The topological polar surface area (TPSA) is 61.9 Å². The van der Waals surface area contributed by atoms with E-state index in [4.69, 9.17) is 5.73 Å². The number of nitrogens with zero attached hydrogens (tertiary/aromatic N) is 3. The molecule has 138 valence electrons. The predicted molar refractivity (Wildman–Crippen MR) is 104 cm³/mol. The molecule has 0 amide bonds. The quantitative estimate of drug-likeness (QED) is 0.658. The lowest BCUT2D eigenvalue weighted by Gasteiger charge is -2.36. The number of benzene rings is 2. The van der Waals surface area contributed by atoms with Crippen molar-refractivity contribution in [2.75, 3.05) is 37.3 Å². The Morgan fingerprint density at radius 3 is 2.27 bits per heavy atom. The second-order valence-electron chi connectivity index (χ2n) is 6.22. The molecule has 7 heteroatoms. The minimum atomic E-state index is -0.969. The maximum absolute atomic E-state index is 13.0. The SMILES string of the molecule is CS(=O)c1ccc(CN=C(N)N2CCN(c3ccc(F)cc3)CC2)cc1. The highest BCUT2D eigenvalue weighted by Gasteiger charge is 2.18. The smallest absolute Gasteiger partial charge is 0.191 e.